The summed E-state index contributed by atoms with van der Waals surface area (Å²) in [5, 5.41) is 2.75. The van der Waals surface area contributed by atoms with Gasteiger partial charge in [0.25, 0.3) is 5.91 Å². The largest absolute Gasteiger partial charge is 0.459 e. The standard InChI is InChI=1S/C15H16N2O4S/c1-22(19,20)17-7-6-11-4-5-13(9-12(11)10-17)16-15(18)14-3-2-8-21-14/h2-5,8-9H,6-7,10H2,1H3,(H,16,18). The molecule has 1 aliphatic heterocycles. The van der Waals surface area contributed by atoms with Gasteiger partial charge in [0.15, 0.2) is 5.76 Å². The number of nitrogens with one attached hydrogen (secondary N) is 1. The Morgan fingerprint density at radius 1 is 1.27 bits per heavy atom. The molecule has 0 atom stereocenters. The van der Waals surface area contributed by atoms with Crippen molar-refractivity contribution in [2.45, 2.75) is 13.0 Å². The van der Waals surface area contributed by atoms with Gasteiger partial charge < -0.3 is 9.73 Å². The first-order valence-corrected chi connectivity index (χ1v) is 8.70. The first-order chi connectivity index (χ1) is 10.4. The molecule has 0 saturated heterocycles. The molecule has 3 rings (SSSR count). The van der Waals surface area contributed by atoms with Gasteiger partial charge in [-0.25, -0.2) is 8.42 Å². The van der Waals surface area contributed by atoms with E-state index in [-0.39, 0.29) is 11.7 Å². The Bertz CT molecular complexity index is 797. The number of hydrogen-bond donors (Lipinski definition) is 1. The van der Waals surface area contributed by atoms with Crippen molar-refractivity contribution in [3.8, 4) is 0 Å². The zero-order chi connectivity index (χ0) is 15.7. The molecule has 2 aromatic rings. The van der Waals surface area contributed by atoms with Gasteiger partial charge in [-0.05, 0) is 41.8 Å². The van der Waals surface area contributed by atoms with E-state index in [4.69, 9.17) is 4.42 Å². The van der Waals surface area contributed by atoms with Crippen LogP contribution in [-0.2, 0) is 23.0 Å². The Hall–Kier alpha value is -2.12. The number of sulfonamides is 1. The summed E-state index contributed by atoms with van der Waals surface area (Å²) in [7, 11) is -3.21. The first kappa shape index (κ1) is 14.8. The van der Waals surface area contributed by atoms with E-state index in [9.17, 15) is 13.2 Å². The van der Waals surface area contributed by atoms with Crippen molar-refractivity contribution < 1.29 is 17.6 Å². The molecule has 7 heteroatoms. The molecule has 0 fully saturated rings. The molecular weight excluding hydrogens is 304 g/mol. The number of rotatable bonds is 3. The molecule has 1 amide bonds. The number of carbonyl (C=O) groups is 1. The fourth-order valence-electron chi connectivity index (χ4n) is 2.49. The molecule has 2 heterocycles. The summed E-state index contributed by atoms with van der Waals surface area (Å²) in [6.45, 7) is 0.822. The van der Waals surface area contributed by atoms with Crippen molar-refractivity contribution in [2.24, 2.45) is 0 Å². The molecule has 1 aromatic carbocycles. The van der Waals surface area contributed by atoms with Crippen molar-refractivity contribution in [2.75, 3.05) is 18.1 Å². The van der Waals surface area contributed by atoms with Crippen molar-refractivity contribution in [1.82, 2.24) is 4.31 Å². The van der Waals surface area contributed by atoms with Gasteiger partial charge in [0.05, 0.1) is 12.5 Å². The Balaban J connectivity index is 1.80. The van der Waals surface area contributed by atoms with Crippen LogP contribution in [0.1, 0.15) is 21.7 Å². The number of anilines is 1. The number of nitrogens with zero attached hydrogens (tertiary/aromatic N) is 1. The zero-order valence-corrected chi connectivity index (χ0v) is 12.9. The predicted molar refractivity (Wildman–Crippen MR) is 82.1 cm³/mol. The summed E-state index contributed by atoms with van der Waals surface area (Å²) in [5.74, 6) is -0.101. The summed E-state index contributed by atoms with van der Waals surface area (Å²) >= 11 is 0. The van der Waals surface area contributed by atoms with Crippen molar-refractivity contribution >= 4 is 21.6 Å². The maximum Gasteiger partial charge on any atom is 0.291 e. The lowest BCUT2D eigenvalue weighted by Gasteiger charge is -2.27. The van der Waals surface area contributed by atoms with Gasteiger partial charge in [-0.2, -0.15) is 4.31 Å². The Labute approximate surface area is 128 Å². The lowest BCUT2D eigenvalue weighted by molar-refractivity contribution is 0.0996. The van der Waals surface area contributed by atoms with Crippen LogP contribution in [0.5, 0.6) is 0 Å². The Kier molecular flexibility index (Phi) is 3.76. The predicted octanol–water partition coefficient (Wildman–Crippen LogP) is 1.85. The van der Waals surface area contributed by atoms with Gasteiger partial charge in [-0.3, -0.25) is 4.79 Å². The van der Waals surface area contributed by atoms with Crippen LogP contribution in [0.15, 0.2) is 41.0 Å². The maximum absolute atomic E-state index is 12.0. The van der Waals surface area contributed by atoms with Crippen LogP contribution >= 0.6 is 0 Å². The molecule has 0 bridgehead atoms. The maximum atomic E-state index is 12.0. The van der Waals surface area contributed by atoms with Crippen LogP contribution in [0.4, 0.5) is 5.69 Å². The fourth-order valence-corrected chi connectivity index (χ4v) is 3.29. The highest BCUT2D eigenvalue weighted by molar-refractivity contribution is 7.88. The third-order valence-corrected chi connectivity index (χ3v) is 4.91. The van der Waals surface area contributed by atoms with Crippen LogP contribution in [0.25, 0.3) is 0 Å². The molecule has 1 aliphatic rings. The Morgan fingerprint density at radius 2 is 2.09 bits per heavy atom. The number of carbonyl (C=O) groups excluding carboxylic acids is 1. The molecule has 1 N–H and O–H groups in total. The highest BCUT2D eigenvalue weighted by atomic mass is 32.2. The zero-order valence-electron chi connectivity index (χ0n) is 12.1. The van der Waals surface area contributed by atoms with Crippen molar-refractivity contribution in [1.29, 1.82) is 0 Å². The second-order valence-electron chi connectivity index (χ2n) is 5.26. The monoisotopic (exact) mass is 320 g/mol. The second kappa shape index (κ2) is 5.58. The molecule has 0 unspecified atom stereocenters. The number of benzene rings is 1. The number of furan rings is 1. The number of hydrogen-bond acceptors (Lipinski definition) is 4. The van der Waals surface area contributed by atoms with Gasteiger partial charge in [-0.1, -0.05) is 6.07 Å². The topological polar surface area (TPSA) is 79.6 Å². The van der Waals surface area contributed by atoms with E-state index in [1.165, 1.54) is 16.8 Å². The summed E-state index contributed by atoms with van der Waals surface area (Å²) in [4.78, 5) is 12.0. The van der Waals surface area contributed by atoms with E-state index in [1.807, 2.05) is 18.2 Å². The molecule has 22 heavy (non-hydrogen) atoms. The van der Waals surface area contributed by atoms with E-state index in [0.29, 0.717) is 25.2 Å². The van der Waals surface area contributed by atoms with Gasteiger partial charge in [0.2, 0.25) is 10.0 Å². The molecule has 0 radical (unpaired) electrons. The average molecular weight is 320 g/mol. The molecule has 0 aliphatic carbocycles. The summed E-state index contributed by atoms with van der Waals surface area (Å²) in [5.41, 5.74) is 2.64. The van der Waals surface area contributed by atoms with E-state index in [0.717, 1.165) is 11.1 Å². The van der Waals surface area contributed by atoms with Crippen LogP contribution in [0, 0.1) is 0 Å². The molecule has 6 nitrogen and oxygen atoms in total. The lowest BCUT2D eigenvalue weighted by atomic mass is 10.0. The van der Waals surface area contributed by atoms with Crippen LogP contribution in [0.3, 0.4) is 0 Å². The first-order valence-electron chi connectivity index (χ1n) is 6.85. The average Bonchev–Trinajstić information content (AvgIpc) is 3.00. The van der Waals surface area contributed by atoms with E-state index < -0.39 is 10.0 Å². The number of fused-ring (bicyclic) bond motifs is 1. The van der Waals surface area contributed by atoms with Gasteiger partial charge in [0.1, 0.15) is 0 Å². The fraction of sp³-hybridized carbons (Fsp3) is 0.267. The smallest absolute Gasteiger partial charge is 0.291 e. The van der Waals surface area contributed by atoms with E-state index in [2.05, 4.69) is 5.32 Å². The molecule has 0 spiro atoms. The SMILES string of the molecule is CS(=O)(=O)N1CCc2ccc(NC(=O)c3ccco3)cc2C1. The van der Waals surface area contributed by atoms with Gasteiger partial charge >= 0.3 is 0 Å². The van der Waals surface area contributed by atoms with Crippen LogP contribution in [0.2, 0.25) is 0 Å². The lowest BCUT2D eigenvalue weighted by Crippen LogP contribution is -2.35. The molecular formula is C15H16N2O4S. The van der Waals surface area contributed by atoms with Crippen molar-refractivity contribution in [3.05, 3.63) is 53.5 Å². The van der Waals surface area contributed by atoms with E-state index in [1.54, 1.807) is 12.1 Å². The highest BCUT2D eigenvalue weighted by Gasteiger charge is 2.23. The molecule has 116 valence electrons. The minimum absolute atomic E-state index is 0.232. The Morgan fingerprint density at radius 3 is 2.77 bits per heavy atom. The summed E-state index contributed by atoms with van der Waals surface area (Å²) < 4.78 is 29.8. The molecule has 1 aromatic heterocycles. The second-order valence-corrected chi connectivity index (χ2v) is 7.24. The third-order valence-electron chi connectivity index (χ3n) is 3.66. The van der Waals surface area contributed by atoms with E-state index >= 15 is 0 Å². The summed E-state index contributed by atoms with van der Waals surface area (Å²) in [6.07, 6.45) is 3.32. The van der Waals surface area contributed by atoms with Crippen LogP contribution < -0.4 is 5.32 Å². The summed E-state index contributed by atoms with van der Waals surface area (Å²) in [6, 6.07) is 8.78. The minimum atomic E-state index is -3.21. The van der Waals surface area contributed by atoms with Crippen LogP contribution in [-0.4, -0.2) is 31.4 Å². The van der Waals surface area contributed by atoms with Gasteiger partial charge in [-0.15, -0.1) is 0 Å². The minimum Gasteiger partial charge on any atom is -0.459 e. The highest BCUT2D eigenvalue weighted by Crippen LogP contribution is 2.24. The number of amides is 1. The van der Waals surface area contributed by atoms with Gasteiger partial charge in [0, 0.05) is 18.8 Å². The normalized spacial score (nSPS) is 15.3. The molecule has 0 saturated carbocycles. The quantitative estimate of drug-likeness (QED) is 0.936. The van der Waals surface area contributed by atoms with Crippen molar-refractivity contribution in [3.63, 3.8) is 0 Å². The third kappa shape index (κ3) is 3.05.